The van der Waals surface area contributed by atoms with Gasteiger partial charge in [0.25, 0.3) is 10.0 Å². The van der Waals surface area contributed by atoms with Crippen LogP contribution in [0.25, 0.3) is 0 Å². The van der Waals surface area contributed by atoms with Gasteiger partial charge >= 0.3 is 0 Å². The highest BCUT2D eigenvalue weighted by atomic mass is 32.2. The lowest BCUT2D eigenvalue weighted by Gasteiger charge is -2.27. The van der Waals surface area contributed by atoms with Crippen molar-refractivity contribution in [3.63, 3.8) is 0 Å². The van der Waals surface area contributed by atoms with Gasteiger partial charge in [-0.05, 0) is 29.8 Å². The summed E-state index contributed by atoms with van der Waals surface area (Å²) in [7, 11) is -3.75. The molecule has 182 valence electrons. The van der Waals surface area contributed by atoms with Crippen molar-refractivity contribution in [1.82, 2.24) is 4.98 Å². The van der Waals surface area contributed by atoms with E-state index in [2.05, 4.69) is 19.6 Å². The van der Waals surface area contributed by atoms with Gasteiger partial charge < -0.3 is 15.4 Å². The Hall–Kier alpha value is -2.82. The lowest BCUT2D eigenvalue weighted by molar-refractivity contribution is 0.122. The molecule has 2 aliphatic heterocycles. The van der Waals surface area contributed by atoms with Gasteiger partial charge in [-0.3, -0.25) is 9.71 Å². The number of thioether (sulfide) groups is 1. The minimum absolute atomic E-state index is 0.119. The van der Waals surface area contributed by atoms with Gasteiger partial charge in [0.1, 0.15) is 10.7 Å². The highest BCUT2D eigenvalue weighted by Gasteiger charge is 2.17. The first kappa shape index (κ1) is 25.8. The molecule has 8 nitrogen and oxygen atoms in total. The third kappa shape index (κ3) is 7.09. The molecule has 0 saturated carbocycles. The fraction of sp³-hybridized carbons (Fsp3) is 0.333. The minimum Gasteiger partial charge on any atom is -0.398 e. The molecule has 3 heterocycles. The lowest BCUT2D eigenvalue weighted by atomic mass is 10.2. The van der Waals surface area contributed by atoms with Crippen LogP contribution in [0.3, 0.4) is 0 Å². The van der Waals surface area contributed by atoms with E-state index in [0.29, 0.717) is 36.8 Å². The van der Waals surface area contributed by atoms with Crippen LogP contribution in [0.5, 0.6) is 0 Å². The van der Waals surface area contributed by atoms with Crippen molar-refractivity contribution in [3.8, 4) is 0 Å². The van der Waals surface area contributed by atoms with Crippen molar-refractivity contribution in [2.24, 2.45) is 10.7 Å². The van der Waals surface area contributed by atoms with Crippen LogP contribution in [0.2, 0.25) is 0 Å². The molecule has 0 amide bonds. The van der Waals surface area contributed by atoms with Crippen LogP contribution in [-0.4, -0.2) is 45.9 Å². The first-order chi connectivity index (χ1) is 16.5. The second kappa shape index (κ2) is 12.6. The number of aromatic nitrogens is 1. The Morgan fingerprint density at radius 3 is 2.71 bits per heavy atom. The van der Waals surface area contributed by atoms with Crippen LogP contribution in [-0.2, 0) is 20.5 Å². The molecule has 1 saturated heterocycles. The molecule has 0 aliphatic carbocycles. The van der Waals surface area contributed by atoms with E-state index < -0.39 is 10.0 Å². The lowest BCUT2D eigenvalue weighted by Crippen LogP contribution is -2.36. The van der Waals surface area contributed by atoms with Crippen LogP contribution < -0.4 is 15.4 Å². The Labute approximate surface area is 206 Å². The fourth-order valence-electron chi connectivity index (χ4n) is 3.27. The molecule has 2 aromatic rings. The third-order valence-corrected chi connectivity index (χ3v) is 7.46. The van der Waals surface area contributed by atoms with E-state index in [0.717, 1.165) is 29.4 Å². The summed E-state index contributed by atoms with van der Waals surface area (Å²) >= 11 is 1.56. The number of aliphatic imine (C=N–C) groups is 1. The molecule has 1 aromatic heterocycles. The molecule has 4 rings (SSSR count). The average Bonchev–Trinajstić information content (AvgIpc) is 3.08. The van der Waals surface area contributed by atoms with Gasteiger partial charge in [-0.2, -0.15) is 0 Å². The van der Waals surface area contributed by atoms with Gasteiger partial charge in [0.15, 0.2) is 0 Å². The summed E-state index contributed by atoms with van der Waals surface area (Å²) in [6, 6.07) is 10.6. The zero-order valence-electron chi connectivity index (χ0n) is 19.5. The van der Waals surface area contributed by atoms with E-state index in [1.54, 1.807) is 42.4 Å². The molecule has 1 aromatic carbocycles. The summed E-state index contributed by atoms with van der Waals surface area (Å²) in [6.45, 7) is 6.77. The molecular weight excluding hydrogens is 470 g/mol. The Morgan fingerprint density at radius 2 is 1.97 bits per heavy atom. The topological polar surface area (TPSA) is 110 Å². The number of hydrogen-bond acceptors (Lipinski definition) is 8. The average molecular weight is 502 g/mol. The summed E-state index contributed by atoms with van der Waals surface area (Å²) < 4.78 is 33.7. The number of pyridine rings is 1. The zero-order chi connectivity index (χ0) is 24.4. The molecule has 0 atom stereocenters. The Bertz CT molecular complexity index is 1140. The van der Waals surface area contributed by atoms with Gasteiger partial charge in [0.2, 0.25) is 0 Å². The zero-order valence-corrected chi connectivity index (χ0v) is 21.1. The van der Waals surface area contributed by atoms with Crippen molar-refractivity contribution in [2.75, 3.05) is 35.9 Å². The van der Waals surface area contributed by atoms with Gasteiger partial charge in [-0.1, -0.05) is 32.1 Å². The number of allylic oxidation sites excluding steroid dienone is 1. The molecule has 3 N–H and O–H groups in total. The molecule has 0 bridgehead atoms. The van der Waals surface area contributed by atoms with E-state index in [1.165, 1.54) is 6.20 Å². The van der Waals surface area contributed by atoms with Crippen LogP contribution in [0.1, 0.15) is 25.8 Å². The Kier molecular flexibility index (Phi) is 9.55. The Balaban J connectivity index is 0.00000158. The first-order valence-corrected chi connectivity index (χ1v) is 13.7. The highest BCUT2D eigenvalue weighted by Crippen LogP contribution is 2.28. The number of rotatable bonds is 7. The summed E-state index contributed by atoms with van der Waals surface area (Å²) in [6.07, 6.45) is 7.59. The van der Waals surface area contributed by atoms with E-state index in [1.807, 2.05) is 38.1 Å². The molecule has 1 fully saturated rings. The smallest absolute Gasteiger partial charge is 0.263 e. The molecular formula is C24H31N5O3S2. The van der Waals surface area contributed by atoms with Crippen molar-refractivity contribution in [2.45, 2.75) is 30.9 Å². The largest absolute Gasteiger partial charge is 0.398 e. The van der Waals surface area contributed by atoms with Gasteiger partial charge in [-0.15, -0.1) is 11.8 Å². The molecule has 0 radical (unpaired) electrons. The van der Waals surface area contributed by atoms with Crippen LogP contribution in [0.15, 0.2) is 75.4 Å². The summed E-state index contributed by atoms with van der Waals surface area (Å²) in [4.78, 5) is 11.6. The third-order valence-electron chi connectivity index (χ3n) is 4.96. The molecule has 0 spiro atoms. The fourth-order valence-corrected chi connectivity index (χ4v) is 5.15. The van der Waals surface area contributed by atoms with Gasteiger partial charge in [0.05, 0.1) is 13.2 Å². The van der Waals surface area contributed by atoms with Crippen molar-refractivity contribution >= 4 is 39.5 Å². The van der Waals surface area contributed by atoms with E-state index in [4.69, 9.17) is 10.5 Å². The summed E-state index contributed by atoms with van der Waals surface area (Å²) in [5.74, 6) is 1.39. The number of sulfonamides is 1. The maximum absolute atomic E-state index is 12.8. The van der Waals surface area contributed by atoms with Crippen LogP contribution in [0, 0.1) is 0 Å². The standard InChI is InChI=1S/C22H25N5O3S2.C2H6/c23-20-5-2-8-24-15-21(20)31-16-17-3-1-4-18(13-17)26-32(28,29)19-6-7-22(25-14-19)27-9-11-30-12-10-27;1-2/h1,3-8,13-15,26H,2,9-12,16,23H2;1-2H3. The first-order valence-electron chi connectivity index (χ1n) is 11.2. The maximum atomic E-state index is 12.8. The minimum atomic E-state index is -3.75. The van der Waals surface area contributed by atoms with Crippen molar-refractivity contribution in [3.05, 3.63) is 71.0 Å². The number of hydrogen-bond donors (Lipinski definition) is 2. The summed E-state index contributed by atoms with van der Waals surface area (Å²) in [5, 5.41) is 0. The second-order valence-electron chi connectivity index (χ2n) is 7.27. The van der Waals surface area contributed by atoms with Crippen LogP contribution in [0.4, 0.5) is 11.5 Å². The monoisotopic (exact) mass is 501 g/mol. The molecule has 34 heavy (non-hydrogen) atoms. The number of morpholine rings is 1. The van der Waals surface area contributed by atoms with E-state index in [-0.39, 0.29) is 4.90 Å². The molecule has 2 aliphatic rings. The van der Waals surface area contributed by atoms with E-state index >= 15 is 0 Å². The summed E-state index contributed by atoms with van der Waals surface area (Å²) in [5.41, 5.74) is 8.24. The van der Waals surface area contributed by atoms with Gasteiger partial charge in [0, 0.05) is 60.2 Å². The number of ether oxygens (including phenoxy) is 1. The number of anilines is 2. The highest BCUT2D eigenvalue weighted by molar-refractivity contribution is 8.02. The quantitative estimate of drug-likeness (QED) is 0.587. The number of benzene rings is 1. The second-order valence-corrected chi connectivity index (χ2v) is 9.97. The maximum Gasteiger partial charge on any atom is 0.263 e. The SMILES string of the molecule is CC.NC1=CCC=NC=C1SCc1cccc(NS(=O)(=O)c2ccc(N3CCOCC3)nc2)c1. The molecule has 0 unspecified atom stereocenters. The van der Waals surface area contributed by atoms with Gasteiger partial charge in [-0.25, -0.2) is 13.4 Å². The predicted molar refractivity (Wildman–Crippen MR) is 141 cm³/mol. The van der Waals surface area contributed by atoms with E-state index in [9.17, 15) is 8.42 Å². The number of nitrogens with two attached hydrogens (primary N) is 1. The normalized spacial score (nSPS) is 16.0. The predicted octanol–water partition coefficient (Wildman–Crippen LogP) is 4.14. The number of nitrogens with zero attached hydrogens (tertiary/aromatic N) is 3. The molecule has 10 heteroatoms. The Morgan fingerprint density at radius 1 is 1.18 bits per heavy atom. The number of nitrogens with one attached hydrogen (secondary N) is 1. The van der Waals surface area contributed by atoms with Crippen molar-refractivity contribution in [1.29, 1.82) is 0 Å². The van der Waals surface area contributed by atoms with Crippen molar-refractivity contribution < 1.29 is 13.2 Å². The van der Waals surface area contributed by atoms with Crippen LogP contribution >= 0.6 is 11.8 Å².